The van der Waals surface area contributed by atoms with Crippen molar-refractivity contribution >= 4 is 34.9 Å². The number of benzene rings is 1. The second-order valence-corrected chi connectivity index (χ2v) is 8.87. The molecule has 0 radical (unpaired) electrons. The highest BCUT2D eigenvalue weighted by molar-refractivity contribution is 6.42. The third-order valence-electron chi connectivity index (χ3n) is 6.30. The van der Waals surface area contributed by atoms with Crippen molar-refractivity contribution in [2.45, 2.75) is 56.9 Å². The summed E-state index contributed by atoms with van der Waals surface area (Å²) in [5.74, 6) is -0.0717. The van der Waals surface area contributed by atoms with Crippen molar-refractivity contribution in [2.75, 3.05) is 26.2 Å². The van der Waals surface area contributed by atoms with Gasteiger partial charge in [-0.1, -0.05) is 23.2 Å². The average Bonchev–Trinajstić information content (AvgIpc) is 3.17. The Bertz CT molecular complexity index is 746. The molecule has 0 saturated carbocycles. The van der Waals surface area contributed by atoms with E-state index >= 15 is 0 Å². The molecule has 1 aromatic carbocycles. The SMILES string of the molecule is O=C1CCC(C(=O)N2CCCCC2CN2CCCC2)c2cc(Cl)c(Cl)cc21. The van der Waals surface area contributed by atoms with Gasteiger partial charge in [-0.05, 0) is 69.3 Å². The molecule has 2 fully saturated rings. The van der Waals surface area contributed by atoms with Crippen LogP contribution in [0.4, 0.5) is 0 Å². The molecule has 0 bridgehead atoms. The molecule has 27 heavy (non-hydrogen) atoms. The first-order chi connectivity index (χ1) is 13.0. The number of halogens is 2. The number of hydrogen-bond acceptors (Lipinski definition) is 3. The molecule has 2 atom stereocenters. The summed E-state index contributed by atoms with van der Waals surface area (Å²) in [6, 6.07) is 3.66. The number of carbonyl (C=O) groups is 2. The molecule has 2 unspecified atom stereocenters. The number of ketones is 1. The van der Waals surface area contributed by atoms with Gasteiger partial charge >= 0.3 is 0 Å². The Morgan fingerprint density at radius 1 is 1.00 bits per heavy atom. The Morgan fingerprint density at radius 2 is 1.70 bits per heavy atom. The van der Waals surface area contributed by atoms with Crippen LogP contribution in [0.5, 0.6) is 0 Å². The van der Waals surface area contributed by atoms with Crippen LogP contribution in [-0.4, -0.2) is 53.7 Å². The van der Waals surface area contributed by atoms with Gasteiger partial charge < -0.3 is 9.80 Å². The molecular formula is C21H26Cl2N2O2. The molecule has 1 aromatic rings. The summed E-state index contributed by atoms with van der Waals surface area (Å²) in [7, 11) is 0. The minimum Gasteiger partial charge on any atom is -0.338 e. The molecule has 2 heterocycles. The van der Waals surface area contributed by atoms with E-state index in [1.54, 1.807) is 12.1 Å². The van der Waals surface area contributed by atoms with Crippen molar-refractivity contribution in [1.82, 2.24) is 9.80 Å². The molecule has 1 aliphatic carbocycles. The monoisotopic (exact) mass is 408 g/mol. The van der Waals surface area contributed by atoms with Gasteiger partial charge in [0.2, 0.25) is 5.91 Å². The number of piperidine rings is 1. The molecule has 2 aliphatic heterocycles. The predicted molar refractivity (Wildman–Crippen MR) is 108 cm³/mol. The summed E-state index contributed by atoms with van der Waals surface area (Å²) in [4.78, 5) is 30.5. The van der Waals surface area contributed by atoms with E-state index in [2.05, 4.69) is 9.80 Å². The minimum absolute atomic E-state index is 0.0554. The molecule has 146 valence electrons. The summed E-state index contributed by atoms with van der Waals surface area (Å²) in [5, 5.41) is 0.789. The molecule has 0 N–H and O–H groups in total. The molecule has 4 rings (SSSR count). The third-order valence-corrected chi connectivity index (χ3v) is 7.03. The lowest BCUT2D eigenvalue weighted by Crippen LogP contribution is -2.51. The quantitative estimate of drug-likeness (QED) is 0.737. The zero-order valence-electron chi connectivity index (χ0n) is 15.6. The number of hydrogen-bond donors (Lipinski definition) is 0. The first kappa shape index (κ1) is 19.2. The second-order valence-electron chi connectivity index (χ2n) is 8.06. The Balaban J connectivity index is 1.58. The fraction of sp³-hybridized carbons (Fsp3) is 0.619. The minimum atomic E-state index is -0.286. The van der Waals surface area contributed by atoms with Crippen molar-refractivity contribution < 1.29 is 9.59 Å². The van der Waals surface area contributed by atoms with Crippen molar-refractivity contribution in [3.05, 3.63) is 33.3 Å². The maximum atomic E-state index is 13.5. The van der Waals surface area contributed by atoms with Crippen LogP contribution >= 0.6 is 23.2 Å². The van der Waals surface area contributed by atoms with Crippen LogP contribution in [0.25, 0.3) is 0 Å². The fourth-order valence-electron chi connectivity index (χ4n) is 4.86. The summed E-state index contributed by atoms with van der Waals surface area (Å²) in [5.41, 5.74) is 1.33. The number of nitrogens with zero attached hydrogens (tertiary/aromatic N) is 2. The molecule has 4 nitrogen and oxygen atoms in total. The lowest BCUT2D eigenvalue weighted by Gasteiger charge is -2.40. The van der Waals surface area contributed by atoms with Gasteiger partial charge in [0.05, 0.1) is 16.0 Å². The smallest absolute Gasteiger partial charge is 0.230 e. The number of rotatable bonds is 3. The van der Waals surface area contributed by atoms with Crippen LogP contribution in [0.15, 0.2) is 12.1 Å². The largest absolute Gasteiger partial charge is 0.338 e. The molecule has 2 saturated heterocycles. The maximum absolute atomic E-state index is 13.5. The predicted octanol–water partition coefficient (Wildman–Crippen LogP) is 4.53. The van der Waals surface area contributed by atoms with Crippen LogP contribution in [0, 0.1) is 0 Å². The third kappa shape index (κ3) is 3.90. The first-order valence-corrected chi connectivity index (χ1v) is 10.8. The Morgan fingerprint density at radius 3 is 2.48 bits per heavy atom. The fourth-order valence-corrected chi connectivity index (χ4v) is 5.19. The summed E-state index contributed by atoms with van der Waals surface area (Å²) < 4.78 is 0. The van der Waals surface area contributed by atoms with Gasteiger partial charge in [0.1, 0.15) is 0 Å². The second kappa shape index (κ2) is 8.10. The highest BCUT2D eigenvalue weighted by Crippen LogP contribution is 2.38. The number of likely N-dealkylation sites (tertiary alicyclic amines) is 2. The number of amides is 1. The van der Waals surface area contributed by atoms with E-state index in [4.69, 9.17) is 23.2 Å². The van der Waals surface area contributed by atoms with Crippen molar-refractivity contribution in [1.29, 1.82) is 0 Å². The normalized spacial score (nSPS) is 26.3. The average molecular weight is 409 g/mol. The van der Waals surface area contributed by atoms with Crippen LogP contribution < -0.4 is 0 Å². The van der Waals surface area contributed by atoms with E-state index in [-0.39, 0.29) is 23.7 Å². The van der Waals surface area contributed by atoms with E-state index in [1.165, 1.54) is 19.3 Å². The topological polar surface area (TPSA) is 40.6 Å². The Kier molecular flexibility index (Phi) is 5.77. The van der Waals surface area contributed by atoms with Gasteiger partial charge in [0, 0.05) is 31.1 Å². The van der Waals surface area contributed by atoms with Gasteiger partial charge in [-0.3, -0.25) is 9.59 Å². The van der Waals surface area contributed by atoms with Crippen molar-refractivity contribution in [3.8, 4) is 0 Å². The Hall–Kier alpha value is -1.10. The lowest BCUT2D eigenvalue weighted by atomic mass is 9.80. The number of carbonyl (C=O) groups excluding carboxylic acids is 2. The van der Waals surface area contributed by atoms with E-state index in [0.29, 0.717) is 28.5 Å². The highest BCUT2D eigenvalue weighted by Gasteiger charge is 2.37. The standard InChI is InChI=1S/C21H26Cl2N2O2/c22-18-11-16-15(6-7-20(26)17(16)12-19(18)23)21(27)25-10-2-1-5-14(25)13-24-8-3-4-9-24/h11-12,14-15H,1-10,13H2. The van der Waals surface area contributed by atoms with E-state index < -0.39 is 0 Å². The summed E-state index contributed by atoms with van der Waals surface area (Å²) >= 11 is 12.3. The zero-order valence-corrected chi connectivity index (χ0v) is 17.1. The highest BCUT2D eigenvalue weighted by atomic mass is 35.5. The van der Waals surface area contributed by atoms with E-state index in [0.717, 1.165) is 44.6 Å². The van der Waals surface area contributed by atoms with Crippen LogP contribution in [0.1, 0.15) is 66.8 Å². The Labute approximate surface area is 170 Å². The van der Waals surface area contributed by atoms with Gasteiger partial charge in [0.25, 0.3) is 0 Å². The summed E-state index contributed by atoms with van der Waals surface area (Å²) in [6.45, 7) is 4.09. The molecule has 0 aromatic heterocycles. The van der Waals surface area contributed by atoms with Crippen LogP contribution in [0.2, 0.25) is 10.0 Å². The molecule has 3 aliphatic rings. The van der Waals surface area contributed by atoms with Gasteiger partial charge in [-0.2, -0.15) is 0 Å². The maximum Gasteiger partial charge on any atom is 0.230 e. The van der Waals surface area contributed by atoms with Gasteiger partial charge in [0.15, 0.2) is 5.78 Å². The molecular weight excluding hydrogens is 383 g/mol. The molecule has 1 amide bonds. The first-order valence-electron chi connectivity index (χ1n) is 10.1. The van der Waals surface area contributed by atoms with Crippen LogP contribution in [-0.2, 0) is 4.79 Å². The van der Waals surface area contributed by atoms with E-state index in [9.17, 15) is 9.59 Å². The van der Waals surface area contributed by atoms with Crippen LogP contribution in [0.3, 0.4) is 0 Å². The van der Waals surface area contributed by atoms with E-state index in [1.807, 2.05) is 0 Å². The summed E-state index contributed by atoms with van der Waals surface area (Å²) in [6.07, 6.45) is 6.80. The van der Waals surface area contributed by atoms with Gasteiger partial charge in [-0.25, -0.2) is 0 Å². The number of Topliss-reactive ketones (excluding diaryl/α,β-unsaturated/α-hetero) is 1. The molecule has 6 heteroatoms. The molecule has 0 spiro atoms. The van der Waals surface area contributed by atoms with Crippen molar-refractivity contribution in [2.24, 2.45) is 0 Å². The lowest BCUT2D eigenvalue weighted by molar-refractivity contribution is -0.137. The number of fused-ring (bicyclic) bond motifs is 1. The van der Waals surface area contributed by atoms with Crippen molar-refractivity contribution in [3.63, 3.8) is 0 Å². The zero-order chi connectivity index (χ0) is 19.0. The van der Waals surface area contributed by atoms with Gasteiger partial charge in [-0.15, -0.1) is 0 Å².